The number of nitrogens with two attached hydrogens (primary N) is 1. The van der Waals surface area contributed by atoms with Crippen LogP contribution in [-0.4, -0.2) is 14.5 Å². The Hall–Kier alpha value is -0.300. The van der Waals surface area contributed by atoms with Crippen molar-refractivity contribution in [1.29, 1.82) is 0 Å². The molecule has 102 valence electrons. The van der Waals surface area contributed by atoms with Gasteiger partial charge < -0.3 is 5.73 Å². The number of halogens is 2. The molecule has 7 heteroatoms. The van der Waals surface area contributed by atoms with Crippen molar-refractivity contribution in [2.45, 2.75) is 37.6 Å². The van der Waals surface area contributed by atoms with Crippen LogP contribution in [0.1, 0.15) is 26.7 Å². The molecule has 1 rings (SSSR count). The summed E-state index contributed by atoms with van der Waals surface area (Å²) in [4.78, 5) is 0.0652. The first-order valence-corrected chi connectivity index (χ1v) is 8.20. The maximum atomic E-state index is 12.2. The van der Waals surface area contributed by atoms with E-state index < -0.39 is 10.0 Å². The Labute approximate surface area is 121 Å². The summed E-state index contributed by atoms with van der Waals surface area (Å²) in [6.07, 6.45) is 1.68. The van der Waals surface area contributed by atoms with Crippen LogP contribution in [0, 0.1) is 0 Å². The van der Waals surface area contributed by atoms with Crippen LogP contribution >= 0.6 is 27.5 Å². The largest absolute Gasteiger partial charge is 0.398 e. The van der Waals surface area contributed by atoms with Crippen molar-refractivity contribution in [3.8, 4) is 0 Å². The Morgan fingerprint density at radius 1 is 1.50 bits per heavy atom. The molecule has 18 heavy (non-hydrogen) atoms. The number of sulfonamides is 1. The van der Waals surface area contributed by atoms with Crippen LogP contribution in [-0.2, 0) is 10.0 Å². The fourth-order valence-corrected chi connectivity index (χ4v) is 4.17. The van der Waals surface area contributed by atoms with Gasteiger partial charge in [-0.2, -0.15) is 0 Å². The SMILES string of the molecule is CCCC(C)NS(=O)(=O)c1cc(Cl)cc(N)c1Br. The molecule has 0 fully saturated rings. The summed E-state index contributed by atoms with van der Waals surface area (Å²) in [5.74, 6) is 0. The zero-order chi connectivity index (χ0) is 13.9. The molecule has 1 aromatic carbocycles. The van der Waals surface area contributed by atoms with Crippen LogP contribution in [0.5, 0.6) is 0 Å². The van der Waals surface area contributed by atoms with E-state index in [1.54, 1.807) is 0 Å². The molecule has 1 unspecified atom stereocenters. The number of hydrogen-bond acceptors (Lipinski definition) is 3. The van der Waals surface area contributed by atoms with Gasteiger partial charge in [0.15, 0.2) is 0 Å². The van der Waals surface area contributed by atoms with E-state index in [4.69, 9.17) is 17.3 Å². The fourth-order valence-electron chi connectivity index (χ4n) is 1.60. The van der Waals surface area contributed by atoms with Gasteiger partial charge in [0.25, 0.3) is 0 Å². The van der Waals surface area contributed by atoms with E-state index in [9.17, 15) is 8.42 Å². The molecular formula is C11H16BrClN2O2S. The van der Waals surface area contributed by atoms with Gasteiger partial charge in [0.05, 0.1) is 9.37 Å². The van der Waals surface area contributed by atoms with E-state index in [0.717, 1.165) is 12.8 Å². The summed E-state index contributed by atoms with van der Waals surface area (Å²) in [5, 5.41) is 0.291. The predicted octanol–water partition coefficient (Wildman–Crippen LogP) is 3.15. The van der Waals surface area contributed by atoms with Gasteiger partial charge in [-0.15, -0.1) is 0 Å². The summed E-state index contributed by atoms with van der Waals surface area (Å²) in [6, 6.07) is 2.75. The molecule has 1 aromatic rings. The van der Waals surface area contributed by atoms with Gasteiger partial charge >= 0.3 is 0 Å². The number of nitrogens with one attached hydrogen (secondary N) is 1. The number of benzene rings is 1. The summed E-state index contributed by atoms with van der Waals surface area (Å²) < 4.78 is 27.3. The van der Waals surface area contributed by atoms with Crippen molar-refractivity contribution in [3.05, 3.63) is 21.6 Å². The normalized spacial score (nSPS) is 13.6. The average molecular weight is 356 g/mol. The molecule has 0 saturated heterocycles. The van der Waals surface area contributed by atoms with Crippen molar-refractivity contribution in [2.75, 3.05) is 5.73 Å². The van der Waals surface area contributed by atoms with E-state index in [0.29, 0.717) is 15.2 Å². The molecule has 0 aliphatic heterocycles. The van der Waals surface area contributed by atoms with Gasteiger partial charge in [0.1, 0.15) is 0 Å². The molecule has 0 bridgehead atoms. The third kappa shape index (κ3) is 3.85. The minimum atomic E-state index is -3.62. The van der Waals surface area contributed by atoms with Crippen LogP contribution in [0.25, 0.3) is 0 Å². The van der Waals surface area contributed by atoms with Crippen LogP contribution in [0.15, 0.2) is 21.5 Å². The highest BCUT2D eigenvalue weighted by atomic mass is 79.9. The maximum absolute atomic E-state index is 12.2. The van der Waals surface area contributed by atoms with Crippen molar-refractivity contribution in [3.63, 3.8) is 0 Å². The fraction of sp³-hybridized carbons (Fsp3) is 0.455. The van der Waals surface area contributed by atoms with Crippen LogP contribution in [0.2, 0.25) is 5.02 Å². The molecule has 0 aliphatic rings. The van der Waals surface area contributed by atoms with Gasteiger partial charge in [0, 0.05) is 16.8 Å². The standard InChI is InChI=1S/C11H16BrClN2O2S/c1-3-4-7(2)15-18(16,17)10-6-8(13)5-9(14)11(10)12/h5-7,15H,3-4,14H2,1-2H3. The molecule has 0 aliphatic carbocycles. The molecule has 1 atom stereocenters. The Morgan fingerprint density at radius 3 is 2.67 bits per heavy atom. The Kier molecular flexibility index (Phi) is 5.46. The van der Waals surface area contributed by atoms with Crippen molar-refractivity contribution in [1.82, 2.24) is 4.72 Å². The van der Waals surface area contributed by atoms with Crippen LogP contribution < -0.4 is 10.5 Å². The molecule has 0 aromatic heterocycles. The molecule has 0 saturated carbocycles. The number of nitrogen functional groups attached to an aromatic ring is 1. The number of rotatable bonds is 5. The summed E-state index contributed by atoms with van der Waals surface area (Å²) in [6.45, 7) is 3.82. The molecule has 3 N–H and O–H groups in total. The molecule has 0 heterocycles. The topological polar surface area (TPSA) is 72.2 Å². The molecule has 4 nitrogen and oxygen atoms in total. The lowest BCUT2D eigenvalue weighted by atomic mass is 10.2. The number of hydrogen-bond donors (Lipinski definition) is 2. The van der Waals surface area contributed by atoms with Gasteiger partial charge in [-0.25, -0.2) is 13.1 Å². The highest BCUT2D eigenvalue weighted by Gasteiger charge is 2.21. The second kappa shape index (κ2) is 6.23. The van der Waals surface area contributed by atoms with Crippen molar-refractivity contribution < 1.29 is 8.42 Å². The van der Waals surface area contributed by atoms with E-state index >= 15 is 0 Å². The minimum Gasteiger partial charge on any atom is -0.398 e. The van der Waals surface area contributed by atoms with Gasteiger partial charge in [0.2, 0.25) is 10.0 Å². The first-order valence-electron chi connectivity index (χ1n) is 5.54. The quantitative estimate of drug-likeness (QED) is 0.797. The van der Waals surface area contributed by atoms with E-state index in [2.05, 4.69) is 20.7 Å². The molecule has 0 spiro atoms. The zero-order valence-corrected chi connectivity index (χ0v) is 13.4. The Morgan fingerprint density at radius 2 is 2.11 bits per heavy atom. The average Bonchev–Trinajstić information content (AvgIpc) is 2.22. The lowest BCUT2D eigenvalue weighted by molar-refractivity contribution is 0.543. The van der Waals surface area contributed by atoms with Crippen LogP contribution in [0.4, 0.5) is 5.69 Å². The van der Waals surface area contributed by atoms with E-state index in [1.165, 1.54) is 12.1 Å². The summed E-state index contributed by atoms with van der Waals surface area (Å²) in [5.41, 5.74) is 5.98. The highest BCUT2D eigenvalue weighted by Crippen LogP contribution is 2.31. The molecular weight excluding hydrogens is 340 g/mol. The first-order chi connectivity index (χ1) is 8.27. The Balaban J connectivity index is 3.13. The predicted molar refractivity (Wildman–Crippen MR) is 78.3 cm³/mol. The van der Waals surface area contributed by atoms with E-state index in [-0.39, 0.29) is 10.9 Å². The van der Waals surface area contributed by atoms with Gasteiger partial charge in [-0.3, -0.25) is 0 Å². The monoisotopic (exact) mass is 354 g/mol. The maximum Gasteiger partial charge on any atom is 0.242 e. The van der Waals surface area contributed by atoms with Crippen molar-refractivity contribution in [2.24, 2.45) is 0 Å². The Bertz CT molecular complexity index is 534. The second-order valence-corrected chi connectivity index (χ2v) is 7.03. The highest BCUT2D eigenvalue weighted by molar-refractivity contribution is 9.10. The van der Waals surface area contributed by atoms with E-state index in [1.807, 2.05) is 13.8 Å². The summed E-state index contributed by atoms with van der Waals surface area (Å²) >= 11 is 9.01. The van der Waals surface area contributed by atoms with Crippen LogP contribution in [0.3, 0.4) is 0 Å². The lowest BCUT2D eigenvalue weighted by Gasteiger charge is -2.15. The zero-order valence-electron chi connectivity index (χ0n) is 10.2. The van der Waals surface area contributed by atoms with Gasteiger partial charge in [-0.1, -0.05) is 24.9 Å². The summed E-state index contributed by atoms with van der Waals surface area (Å²) in [7, 11) is -3.62. The second-order valence-electron chi connectivity index (χ2n) is 4.12. The van der Waals surface area contributed by atoms with Crippen molar-refractivity contribution >= 4 is 43.2 Å². The van der Waals surface area contributed by atoms with Gasteiger partial charge in [-0.05, 0) is 41.4 Å². The smallest absolute Gasteiger partial charge is 0.242 e. The number of anilines is 1. The lowest BCUT2D eigenvalue weighted by Crippen LogP contribution is -2.32. The minimum absolute atomic E-state index is 0.0652. The third-order valence-electron chi connectivity index (χ3n) is 2.40. The first kappa shape index (κ1) is 15.8. The molecule has 0 amide bonds. The third-order valence-corrected chi connectivity index (χ3v) is 5.38. The molecule has 0 radical (unpaired) electrons.